The molecule has 0 saturated carbocycles. The fourth-order valence-corrected chi connectivity index (χ4v) is 4.45. The summed E-state index contributed by atoms with van der Waals surface area (Å²) in [6.07, 6.45) is 7.57. The maximum atomic E-state index is 12.8. The molecule has 0 aromatic carbocycles. The van der Waals surface area contributed by atoms with Gasteiger partial charge in [-0.1, -0.05) is 11.2 Å². The lowest BCUT2D eigenvalue weighted by atomic mass is 9.90. The van der Waals surface area contributed by atoms with Gasteiger partial charge in [0.05, 0.1) is 17.0 Å². The first-order valence-corrected chi connectivity index (χ1v) is 10.9. The van der Waals surface area contributed by atoms with E-state index in [4.69, 9.17) is 9.51 Å². The lowest BCUT2D eigenvalue weighted by molar-refractivity contribution is 0.0706. The van der Waals surface area contributed by atoms with Crippen LogP contribution >= 0.6 is 0 Å². The van der Waals surface area contributed by atoms with E-state index in [-0.39, 0.29) is 11.8 Å². The van der Waals surface area contributed by atoms with Crippen molar-refractivity contribution in [2.45, 2.75) is 38.5 Å². The molecule has 0 spiro atoms. The molecule has 0 aliphatic carbocycles. The summed E-state index contributed by atoms with van der Waals surface area (Å²) in [4.78, 5) is 30.8. The number of carbonyl (C=O) groups excluding carboxylic acids is 1. The molecule has 0 unspecified atom stereocenters. The van der Waals surface area contributed by atoms with Crippen molar-refractivity contribution in [1.82, 2.24) is 25.0 Å². The molecule has 0 radical (unpaired) electrons. The monoisotopic (exact) mass is 418 g/mol. The fraction of sp³-hybridized carbons (Fsp3) is 0.435. The van der Waals surface area contributed by atoms with Crippen molar-refractivity contribution in [3.8, 4) is 11.3 Å². The van der Waals surface area contributed by atoms with E-state index in [9.17, 15) is 4.79 Å². The van der Waals surface area contributed by atoms with Crippen LogP contribution in [0.3, 0.4) is 0 Å². The number of aryl methyl sites for hydroxylation is 1. The van der Waals surface area contributed by atoms with Crippen molar-refractivity contribution in [2.75, 3.05) is 31.1 Å². The van der Waals surface area contributed by atoms with Crippen molar-refractivity contribution in [3.05, 3.63) is 53.7 Å². The Morgan fingerprint density at radius 3 is 2.58 bits per heavy atom. The summed E-state index contributed by atoms with van der Waals surface area (Å²) in [5, 5.41) is 4.05. The van der Waals surface area contributed by atoms with Gasteiger partial charge in [0.2, 0.25) is 5.95 Å². The van der Waals surface area contributed by atoms with E-state index in [1.807, 2.05) is 36.2 Å². The SMILES string of the molecule is Cc1cc(-c2cnc(N3CCCC3)nc2C2CCN(C(=O)c3ccccn3)CC2)on1. The number of aromatic nitrogens is 4. The molecule has 2 saturated heterocycles. The van der Waals surface area contributed by atoms with Crippen LogP contribution in [0.2, 0.25) is 0 Å². The number of amides is 1. The first-order valence-electron chi connectivity index (χ1n) is 10.9. The Labute approximate surface area is 181 Å². The van der Waals surface area contributed by atoms with Gasteiger partial charge in [0.15, 0.2) is 5.76 Å². The highest BCUT2D eigenvalue weighted by Gasteiger charge is 2.29. The molecule has 2 aliphatic rings. The van der Waals surface area contributed by atoms with Gasteiger partial charge in [0, 0.05) is 50.6 Å². The molecule has 0 atom stereocenters. The van der Waals surface area contributed by atoms with Gasteiger partial charge >= 0.3 is 0 Å². The predicted molar refractivity (Wildman–Crippen MR) is 116 cm³/mol. The summed E-state index contributed by atoms with van der Waals surface area (Å²) in [7, 11) is 0. The third-order valence-corrected chi connectivity index (χ3v) is 6.14. The molecule has 2 aliphatic heterocycles. The third-order valence-electron chi connectivity index (χ3n) is 6.14. The maximum absolute atomic E-state index is 12.8. The Morgan fingerprint density at radius 2 is 1.90 bits per heavy atom. The molecular formula is C23H26N6O2. The minimum Gasteiger partial charge on any atom is -0.356 e. The summed E-state index contributed by atoms with van der Waals surface area (Å²) >= 11 is 0. The number of rotatable bonds is 4. The predicted octanol–water partition coefficient (Wildman–Crippen LogP) is 3.46. The van der Waals surface area contributed by atoms with Crippen molar-refractivity contribution in [3.63, 3.8) is 0 Å². The molecule has 5 heterocycles. The van der Waals surface area contributed by atoms with Crippen LogP contribution in [0.25, 0.3) is 11.3 Å². The van der Waals surface area contributed by atoms with Crippen molar-refractivity contribution in [1.29, 1.82) is 0 Å². The Balaban J connectivity index is 1.39. The van der Waals surface area contributed by atoms with E-state index in [0.717, 1.165) is 48.8 Å². The standard InChI is InChI=1S/C23H26N6O2/c1-16-14-20(31-27-16)18-15-25-23(29-10-4-5-11-29)26-21(18)17-7-12-28(13-8-17)22(30)19-6-2-3-9-24-19/h2-3,6,9,14-15,17H,4-5,7-8,10-13H2,1H3. The van der Waals surface area contributed by atoms with Gasteiger partial charge in [0.1, 0.15) is 5.69 Å². The summed E-state index contributed by atoms with van der Waals surface area (Å²) in [5.41, 5.74) is 3.23. The molecule has 8 heteroatoms. The molecular weight excluding hydrogens is 392 g/mol. The number of hydrogen-bond donors (Lipinski definition) is 0. The molecule has 8 nitrogen and oxygen atoms in total. The van der Waals surface area contributed by atoms with Gasteiger partial charge in [-0.2, -0.15) is 0 Å². The van der Waals surface area contributed by atoms with Crippen LogP contribution in [0, 0.1) is 6.92 Å². The lowest BCUT2D eigenvalue weighted by Gasteiger charge is -2.32. The number of carbonyl (C=O) groups is 1. The van der Waals surface area contributed by atoms with Crippen LogP contribution in [0.15, 0.2) is 41.2 Å². The van der Waals surface area contributed by atoms with E-state index in [1.54, 1.807) is 12.3 Å². The zero-order valence-corrected chi connectivity index (χ0v) is 17.7. The summed E-state index contributed by atoms with van der Waals surface area (Å²) in [6.45, 7) is 5.26. The maximum Gasteiger partial charge on any atom is 0.272 e. The minimum atomic E-state index is -0.00873. The Kier molecular flexibility index (Phi) is 5.36. The average Bonchev–Trinajstić information content (AvgIpc) is 3.51. The number of anilines is 1. The van der Waals surface area contributed by atoms with Crippen LogP contribution in [-0.2, 0) is 0 Å². The largest absolute Gasteiger partial charge is 0.356 e. The highest BCUT2D eigenvalue weighted by Crippen LogP contribution is 2.35. The van der Waals surface area contributed by atoms with E-state index < -0.39 is 0 Å². The summed E-state index contributed by atoms with van der Waals surface area (Å²) in [5.74, 6) is 1.72. The van der Waals surface area contributed by atoms with E-state index >= 15 is 0 Å². The second kappa shape index (κ2) is 8.45. The number of nitrogens with zero attached hydrogens (tertiary/aromatic N) is 6. The molecule has 3 aromatic rings. The highest BCUT2D eigenvalue weighted by molar-refractivity contribution is 5.92. The molecule has 5 rings (SSSR count). The molecule has 0 N–H and O–H groups in total. The second-order valence-electron chi connectivity index (χ2n) is 8.28. The van der Waals surface area contributed by atoms with Crippen molar-refractivity contribution >= 4 is 11.9 Å². The van der Waals surface area contributed by atoms with Crippen LogP contribution in [0.4, 0.5) is 5.95 Å². The molecule has 160 valence electrons. The van der Waals surface area contributed by atoms with Gasteiger partial charge in [-0.05, 0) is 44.7 Å². The summed E-state index contributed by atoms with van der Waals surface area (Å²) < 4.78 is 5.55. The Bertz CT molecular complexity index is 1050. The number of hydrogen-bond acceptors (Lipinski definition) is 7. The molecule has 1 amide bonds. The van der Waals surface area contributed by atoms with Crippen LogP contribution in [-0.4, -0.2) is 57.1 Å². The van der Waals surface area contributed by atoms with E-state index in [0.29, 0.717) is 24.5 Å². The normalized spacial score (nSPS) is 17.3. The number of piperidine rings is 1. The van der Waals surface area contributed by atoms with Crippen LogP contribution in [0.5, 0.6) is 0 Å². The van der Waals surface area contributed by atoms with Crippen molar-refractivity contribution < 1.29 is 9.32 Å². The fourth-order valence-electron chi connectivity index (χ4n) is 4.45. The molecule has 3 aromatic heterocycles. The minimum absolute atomic E-state index is 0.00873. The van der Waals surface area contributed by atoms with Crippen LogP contribution in [0.1, 0.15) is 53.5 Å². The van der Waals surface area contributed by atoms with E-state index in [2.05, 4.69) is 20.0 Å². The topological polar surface area (TPSA) is 88.3 Å². The van der Waals surface area contributed by atoms with Gasteiger partial charge in [-0.15, -0.1) is 0 Å². The van der Waals surface area contributed by atoms with Gasteiger partial charge < -0.3 is 14.3 Å². The smallest absolute Gasteiger partial charge is 0.272 e. The first-order chi connectivity index (χ1) is 15.2. The van der Waals surface area contributed by atoms with Gasteiger partial charge in [-0.3, -0.25) is 9.78 Å². The third kappa shape index (κ3) is 4.02. The quantitative estimate of drug-likeness (QED) is 0.641. The second-order valence-corrected chi connectivity index (χ2v) is 8.28. The van der Waals surface area contributed by atoms with Gasteiger partial charge in [-0.25, -0.2) is 9.97 Å². The lowest BCUT2D eigenvalue weighted by Crippen LogP contribution is -2.38. The van der Waals surface area contributed by atoms with E-state index in [1.165, 1.54) is 12.8 Å². The number of likely N-dealkylation sites (tertiary alicyclic amines) is 1. The zero-order chi connectivity index (χ0) is 21.2. The molecule has 31 heavy (non-hydrogen) atoms. The van der Waals surface area contributed by atoms with Gasteiger partial charge in [0.25, 0.3) is 5.91 Å². The molecule has 2 fully saturated rings. The first kappa shape index (κ1) is 19.7. The van der Waals surface area contributed by atoms with Crippen LogP contribution < -0.4 is 4.90 Å². The Hall–Kier alpha value is -3.29. The zero-order valence-electron chi connectivity index (χ0n) is 17.7. The number of pyridine rings is 1. The average molecular weight is 419 g/mol. The Morgan fingerprint density at radius 1 is 1.10 bits per heavy atom. The highest BCUT2D eigenvalue weighted by atomic mass is 16.5. The molecule has 0 bridgehead atoms. The summed E-state index contributed by atoms with van der Waals surface area (Å²) in [6, 6.07) is 7.37. The van der Waals surface area contributed by atoms with Crippen molar-refractivity contribution in [2.24, 2.45) is 0 Å².